The number of para-hydroxylation sites is 1. The molecule has 3 N–H and O–H groups in total. The molecule has 0 spiro atoms. The molecule has 0 aromatic heterocycles. The Morgan fingerprint density at radius 2 is 1.70 bits per heavy atom. The molecule has 0 saturated carbocycles. The van der Waals surface area contributed by atoms with Gasteiger partial charge in [-0.3, -0.25) is 4.79 Å². The lowest BCUT2D eigenvalue weighted by atomic mass is 10.1. The fraction of sp³-hybridized carbons (Fsp3) is 0.409. The number of amides is 1. The van der Waals surface area contributed by atoms with Crippen LogP contribution in [0.25, 0.3) is 0 Å². The van der Waals surface area contributed by atoms with Crippen LogP contribution in [-0.4, -0.2) is 51.8 Å². The molecular formula is C22H31N3O2+2. The van der Waals surface area contributed by atoms with Gasteiger partial charge in [-0.1, -0.05) is 35.9 Å². The molecule has 1 amide bonds. The molecule has 0 aliphatic carbocycles. The van der Waals surface area contributed by atoms with E-state index in [-0.39, 0.29) is 5.91 Å². The van der Waals surface area contributed by atoms with Crippen molar-refractivity contribution in [3.8, 4) is 5.75 Å². The Labute approximate surface area is 161 Å². The van der Waals surface area contributed by atoms with Crippen LogP contribution in [0.1, 0.15) is 11.1 Å². The summed E-state index contributed by atoms with van der Waals surface area (Å²) in [6.45, 7) is 10.6. The van der Waals surface area contributed by atoms with E-state index in [0.29, 0.717) is 6.54 Å². The van der Waals surface area contributed by atoms with E-state index in [9.17, 15) is 4.79 Å². The maximum atomic E-state index is 12.4. The molecule has 2 aromatic rings. The summed E-state index contributed by atoms with van der Waals surface area (Å²) in [4.78, 5) is 15.3. The molecule has 1 aliphatic rings. The topological polar surface area (TPSA) is 47.2 Å². The zero-order chi connectivity index (χ0) is 19.1. The van der Waals surface area contributed by atoms with Crippen molar-refractivity contribution in [1.82, 2.24) is 0 Å². The molecule has 1 saturated heterocycles. The maximum Gasteiger partial charge on any atom is 0.279 e. The first kappa shape index (κ1) is 19.4. The van der Waals surface area contributed by atoms with Crippen LogP contribution in [0.4, 0.5) is 5.69 Å². The second kappa shape index (κ2) is 9.53. The van der Waals surface area contributed by atoms with Gasteiger partial charge in [-0.2, -0.15) is 0 Å². The van der Waals surface area contributed by atoms with Gasteiger partial charge in [0, 0.05) is 5.69 Å². The smallest absolute Gasteiger partial charge is 0.279 e. The van der Waals surface area contributed by atoms with E-state index in [0.717, 1.165) is 56.3 Å². The van der Waals surface area contributed by atoms with Gasteiger partial charge >= 0.3 is 0 Å². The van der Waals surface area contributed by atoms with Crippen LogP contribution in [-0.2, 0) is 4.79 Å². The van der Waals surface area contributed by atoms with E-state index in [1.165, 1.54) is 10.5 Å². The Kier molecular flexibility index (Phi) is 6.85. The summed E-state index contributed by atoms with van der Waals surface area (Å²) >= 11 is 0. The van der Waals surface area contributed by atoms with Crippen molar-refractivity contribution in [3.05, 3.63) is 59.7 Å². The van der Waals surface area contributed by atoms with Gasteiger partial charge < -0.3 is 19.9 Å². The number of piperazine rings is 1. The van der Waals surface area contributed by atoms with Crippen molar-refractivity contribution in [2.24, 2.45) is 0 Å². The number of aryl methyl sites for hydroxylation is 2. The molecule has 0 radical (unpaired) electrons. The fourth-order valence-electron chi connectivity index (χ4n) is 3.59. The van der Waals surface area contributed by atoms with Crippen molar-refractivity contribution < 1.29 is 19.3 Å². The number of hydrogen-bond donors (Lipinski definition) is 3. The largest absolute Gasteiger partial charge is 0.488 e. The number of ether oxygens (including phenoxy) is 1. The van der Waals surface area contributed by atoms with Gasteiger partial charge in [-0.25, -0.2) is 0 Å². The Morgan fingerprint density at radius 1 is 1.00 bits per heavy atom. The summed E-state index contributed by atoms with van der Waals surface area (Å²) < 4.78 is 5.79. The first-order valence-corrected chi connectivity index (χ1v) is 9.82. The lowest BCUT2D eigenvalue weighted by molar-refractivity contribution is -1.01. The zero-order valence-corrected chi connectivity index (χ0v) is 16.4. The third-order valence-corrected chi connectivity index (χ3v) is 5.20. The second-order valence-electron chi connectivity index (χ2n) is 7.45. The summed E-state index contributed by atoms with van der Waals surface area (Å²) in [6.07, 6.45) is 0. The van der Waals surface area contributed by atoms with E-state index in [2.05, 4.69) is 18.3 Å². The van der Waals surface area contributed by atoms with Crippen molar-refractivity contribution in [1.29, 1.82) is 0 Å². The van der Waals surface area contributed by atoms with E-state index < -0.39 is 0 Å². The van der Waals surface area contributed by atoms with Crippen LogP contribution in [0.2, 0.25) is 0 Å². The monoisotopic (exact) mass is 369 g/mol. The van der Waals surface area contributed by atoms with Gasteiger partial charge in [-0.15, -0.1) is 0 Å². The van der Waals surface area contributed by atoms with Gasteiger partial charge in [0.15, 0.2) is 6.54 Å². The number of carbonyl (C=O) groups excluding carboxylic acids is 1. The van der Waals surface area contributed by atoms with E-state index in [1.54, 1.807) is 4.90 Å². The van der Waals surface area contributed by atoms with Gasteiger partial charge in [0.25, 0.3) is 5.91 Å². The lowest BCUT2D eigenvalue weighted by Crippen LogP contribution is -3.28. The molecule has 1 heterocycles. The summed E-state index contributed by atoms with van der Waals surface area (Å²) in [6, 6.07) is 16.1. The highest BCUT2D eigenvalue weighted by atomic mass is 16.5. The predicted octanol–water partition coefficient (Wildman–Crippen LogP) is 0.104. The second-order valence-corrected chi connectivity index (χ2v) is 7.45. The normalized spacial score (nSPS) is 19.5. The zero-order valence-electron chi connectivity index (χ0n) is 16.4. The Bertz CT molecular complexity index is 740. The molecule has 3 rings (SSSR count). The third-order valence-electron chi connectivity index (χ3n) is 5.20. The minimum atomic E-state index is 0.104. The standard InChI is InChI=1S/C22H29N3O2/c1-18-8-9-21(19(2)16-18)23-22(26)17-25-12-10-24(11-13-25)14-15-27-20-6-4-3-5-7-20/h3-9,16H,10-15,17H2,1-2H3,(H,23,26)/p+2. The average molecular weight is 370 g/mol. The Morgan fingerprint density at radius 3 is 2.41 bits per heavy atom. The molecule has 0 atom stereocenters. The number of anilines is 1. The molecule has 5 heteroatoms. The fourth-order valence-corrected chi connectivity index (χ4v) is 3.59. The molecule has 27 heavy (non-hydrogen) atoms. The highest BCUT2D eigenvalue weighted by molar-refractivity contribution is 5.92. The van der Waals surface area contributed by atoms with Crippen LogP contribution in [0.15, 0.2) is 48.5 Å². The molecular weight excluding hydrogens is 338 g/mol. The third kappa shape index (κ3) is 6.08. The quantitative estimate of drug-likeness (QED) is 0.649. The molecule has 5 nitrogen and oxygen atoms in total. The Hall–Kier alpha value is -2.37. The first-order valence-electron chi connectivity index (χ1n) is 9.82. The van der Waals surface area contributed by atoms with Crippen LogP contribution < -0.4 is 19.9 Å². The van der Waals surface area contributed by atoms with E-state index >= 15 is 0 Å². The molecule has 144 valence electrons. The lowest BCUT2D eigenvalue weighted by Gasteiger charge is -2.29. The van der Waals surface area contributed by atoms with E-state index in [1.807, 2.05) is 49.4 Å². The van der Waals surface area contributed by atoms with Gasteiger partial charge in [0.1, 0.15) is 45.1 Å². The summed E-state index contributed by atoms with van der Waals surface area (Å²) in [5, 5.41) is 3.06. The van der Waals surface area contributed by atoms with Crippen molar-refractivity contribution in [3.63, 3.8) is 0 Å². The number of hydrogen-bond acceptors (Lipinski definition) is 2. The number of carbonyl (C=O) groups is 1. The number of quaternary nitrogens is 2. The van der Waals surface area contributed by atoms with Crippen LogP contribution in [0.3, 0.4) is 0 Å². The van der Waals surface area contributed by atoms with Crippen molar-refractivity contribution >= 4 is 11.6 Å². The molecule has 0 unspecified atom stereocenters. The minimum absolute atomic E-state index is 0.104. The van der Waals surface area contributed by atoms with Gasteiger partial charge in [-0.05, 0) is 37.6 Å². The molecule has 1 fully saturated rings. The van der Waals surface area contributed by atoms with Gasteiger partial charge in [0.05, 0.1) is 0 Å². The number of nitrogens with one attached hydrogen (secondary N) is 3. The summed E-state index contributed by atoms with van der Waals surface area (Å²) in [7, 11) is 0. The summed E-state index contributed by atoms with van der Waals surface area (Å²) in [5.41, 5.74) is 3.25. The molecule has 0 bridgehead atoms. The minimum Gasteiger partial charge on any atom is -0.488 e. The predicted molar refractivity (Wildman–Crippen MR) is 108 cm³/mol. The number of benzene rings is 2. The SMILES string of the molecule is Cc1ccc(NC(=O)C[NH+]2CC[NH+](CCOc3ccccc3)CC2)c(C)c1. The van der Waals surface area contributed by atoms with Crippen LogP contribution >= 0.6 is 0 Å². The molecule has 2 aromatic carbocycles. The maximum absolute atomic E-state index is 12.4. The number of rotatable bonds is 7. The van der Waals surface area contributed by atoms with Gasteiger partial charge in [0.2, 0.25) is 0 Å². The highest BCUT2D eigenvalue weighted by Gasteiger charge is 2.24. The van der Waals surface area contributed by atoms with E-state index in [4.69, 9.17) is 4.74 Å². The average Bonchev–Trinajstić information content (AvgIpc) is 2.66. The van der Waals surface area contributed by atoms with Crippen LogP contribution in [0.5, 0.6) is 5.75 Å². The van der Waals surface area contributed by atoms with Crippen molar-refractivity contribution in [2.75, 3.05) is 51.2 Å². The highest BCUT2D eigenvalue weighted by Crippen LogP contribution is 2.15. The molecule has 1 aliphatic heterocycles. The van der Waals surface area contributed by atoms with Crippen LogP contribution in [0, 0.1) is 13.8 Å². The van der Waals surface area contributed by atoms with Crippen molar-refractivity contribution in [2.45, 2.75) is 13.8 Å². The summed E-state index contributed by atoms with van der Waals surface area (Å²) in [5.74, 6) is 1.04. The Balaban J connectivity index is 1.35. The first-order chi connectivity index (χ1) is 13.1.